The van der Waals surface area contributed by atoms with Crippen LogP contribution in [0.1, 0.15) is 46.9 Å². The van der Waals surface area contributed by atoms with Crippen LogP contribution in [0, 0.1) is 6.92 Å². The van der Waals surface area contributed by atoms with Crippen molar-refractivity contribution in [1.82, 2.24) is 20.2 Å². The van der Waals surface area contributed by atoms with E-state index in [1.54, 1.807) is 6.20 Å². The third-order valence-electron chi connectivity index (χ3n) is 6.66. The Labute approximate surface area is 188 Å². The third-order valence-corrected chi connectivity index (χ3v) is 6.66. The number of benzene rings is 2. The normalized spacial score (nSPS) is 19.8. The van der Waals surface area contributed by atoms with Gasteiger partial charge in [-0.2, -0.15) is 0 Å². The number of hydrogen-bond donors (Lipinski definition) is 1. The van der Waals surface area contributed by atoms with E-state index in [9.17, 15) is 4.79 Å². The molecule has 3 aromatic rings. The predicted octanol–water partition coefficient (Wildman–Crippen LogP) is 4.17. The van der Waals surface area contributed by atoms with E-state index in [0.717, 1.165) is 49.2 Å². The summed E-state index contributed by atoms with van der Waals surface area (Å²) in [5, 5.41) is 3.26. The highest BCUT2D eigenvalue weighted by atomic mass is 16.5. The van der Waals surface area contributed by atoms with Crippen LogP contribution in [0.15, 0.2) is 60.8 Å². The SMILES string of the molecule is Cc1nc(-c2ccccc2)ncc1C(=O)NC1CC2(CCN(C)CC2)Oc2ccccc21. The Morgan fingerprint density at radius 1 is 1.09 bits per heavy atom. The van der Waals surface area contributed by atoms with Gasteiger partial charge in [0.05, 0.1) is 17.3 Å². The smallest absolute Gasteiger partial charge is 0.255 e. The Kier molecular flexibility index (Phi) is 5.39. The molecule has 1 N–H and O–H groups in total. The minimum atomic E-state index is -0.235. The van der Waals surface area contributed by atoms with Gasteiger partial charge in [-0.1, -0.05) is 48.5 Å². The fraction of sp³-hybridized carbons (Fsp3) is 0.346. The number of nitrogens with one attached hydrogen (secondary N) is 1. The maximum Gasteiger partial charge on any atom is 0.255 e. The van der Waals surface area contributed by atoms with Crippen molar-refractivity contribution >= 4 is 5.91 Å². The molecule has 3 heterocycles. The number of carbonyl (C=O) groups excluding carboxylic acids is 1. The van der Waals surface area contributed by atoms with Crippen molar-refractivity contribution in [1.29, 1.82) is 0 Å². The maximum atomic E-state index is 13.3. The lowest BCUT2D eigenvalue weighted by Crippen LogP contribution is -2.51. The van der Waals surface area contributed by atoms with Crippen molar-refractivity contribution in [2.24, 2.45) is 0 Å². The number of piperidine rings is 1. The molecule has 1 atom stereocenters. The molecule has 2 aromatic carbocycles. The largest absolute Gasteiger partial charge is 0.487 e. The van der Waals surface area contributed by atoms with Gasteiger partial charge in [-0.3, -0.25) is 4.79 Å². The molecule has 32 heavy (non-hydrogen) atoms. The number of ether oxygens (including phenoxy) is 1. The van der Waals surface area contributed by atoms with E-state index >= 15 is 0 Å². The summed E-state index contributed by atoms with van der Waals surface area (Å²) in [5.41, 5.74) is 2.91. The van der Waals surface area contributed by atoms with Gasteiger partial charge >= 0.3 is 0 Å². The Morgan fingerprint density at radius 2 is 1.81 bits per heavy atom. The lowest BCUT2D eigenvalue weighted by molar-refractivity contribution is -0.0195. The van der Waals surface area contributed by atoms with E-state index in [2.05, 4.69) is 27.2 Å². The number of nitrogens with zero attached hydrogens (tertiary/aromatic N) is 3. The van der Waals surface area contributed by atoms with Gasteiger partial charge in [0.15, 0.2) is 5.82 Å². The molecule has 1 fully saturated rings. The molecule has 1 unspecified atom stereocenters. The van der Waals surface area contributed by atoms with Gasteiger partial charge in [0, 0.05) is 36.8 Å². The van der Waals surface area contributed by atoms with Gasteiger partial charge in [0.25, 0.3) is 5.91 Å². The number of hydrogen-bond acceptors (Lipinski definition) is 5. The van der Waals surface area contributed by atoms with Gasteiger partial charge in [-0.15, -0.1) is 0 Å². The Balaban J connectivity index is 1.40. The fourth-order valence-corrected chi connectivity index (χ4v) is 4.73. The summed E-state index contributed by atoms with van der Waals surface area (Å²) in [7, 11) is 2.14. The topological polar surface area (TPSA) is 67.4 Å². The standard InChI is InChI=1S/C26H28N4O2/c1-18-21(17-27-24(28-18)19-8-4-3-5-9-19)25(31)29-22-16-26(12-14-30(2)15-13-26)32-23-11-7-6-10-20(22)23/h3-11,17,22H,12-16H2,1-2H3,(H,29,31). The summed E-state index contributed by atoms with van der Waals surface area (Å²) in [6.07, 6.45) is 4.32. The first kappa shape index (κ1) is 20.6. The number of likely N-dealkylation sites (tertiary alicyclic amines) is 1. The predicted molar refractivity (Wildman–Crippen MR) is 124 cm³/mol. The molecule has 1 amide bonds. The van der Waals surface area contributed by atoms with Crippen molar-refractivity contribution in [3.63, 3.8) is 0 Å². The van der Waals surface area contributed by atoms with E-state index in [4.69, 9.17) is 4.74 Å². The van der Waals surface area contributed by atoms with Gasteiger partial charge in [-0.25, -0.2) is 9.97 Å². The Hall–Kier alpha value is -3.25. The van der Waals surface area contributed by atoms with Crippen LogP contribution >= 0.6 is 0 Å². The average Bonchev–Trinajstić information content (AvgIpc) is 2.81. The highest BCUT2D eigenvalue weighted by Crippen LogP contribution is 2.44. The molecule has 1 aromatic heterocycles. The number of carbonyl (C=O) groups is 1. The van der Waals surface area contributed by atoms with E-state index in [1.807, 2.05) is 61.5 Å². The van der Waals surface area contributed by atoms with E-state index < -0.39 is 0 Å². The maximum absolute atomic E-state index is 13.3. The van der Waals surface area contributed by atoms with Crippen LogP contribution in [-0.2, 0) is 0 Å². The van der Waals surface area contributed by atoms with Crippen LogP contribution in [0.5, 0.6) is 5.75 Å². The molecule has 6 nitrogen and oxygen atoms in total. The third kappa shape index (κ3) is 3.98. The first-order valence-electron chi connectivity index (χ1n) is 11.2. The molecule has 2 aliphatic rings. The van der Waals surface area contributed by atoms with Crippen molar-refractivity contribution in [2.45, 2.75) is 37.8 Å². The van der Waals surface area contributed by atoms with E-state index in [-0.39, 0.29) is 17.6 Å². The summed E-state index contributed by atoms with van der Waals surface area (Å²) < 4.78 is 6.51. The monoisotopic (exact) mass is 428 g/mol. The zero-order valence-corrected chi connectivity index (χ0v) is 18.5. The molecule has 5 rings (SSSR count). The lowest BCUT2D eigenvalue weighted by atomic mass is 9.80. The first-order valence-corrected chi connectivity index (χ1v) is 11.2. The van der Waals surface area contributed by atoms with Crippen LogP contribution < -0.4 is 10.1 Å². The molecular weight excluding hydrogens is 400 g/mol. The minimum Gasteiger partial charge on any atom is -0.487 e. The summed E-state index contributed by atoms with van der Waals surface area (Å²) in [4.78, 5) is 24.7. The quantitative estimate of drug-likeness (QED) is 0.678. The Bertz CT molecular complexity index is 1120. The molecule has 0 saturated carbocycles. The molecule has 2 aliphatic heterocycles. The summed E-state index contributed by atoms with van der Waals surface area (Å²) in [6, 6.07) is 17.7. The molecule has 0 radical (unpaired) electrons. The Morgan fingerprint density at radius 3 is 2.56 bits per heavy atom. The van der Waals surface area contributed by atoms with Crippen LogP contribution in [0.25, 0.3) is 11.4 Å². The van der Waals surface area contributed by atoms with E-state index in [1.165, 1.54) is 0 Å². The number of fused-ring (bicyclic) bond motifs is 1. The minimum absolute atomic E-state index is 0.107. The molecule has 1 saturated heterocycles. The summed E-state index contributed by atoms with van der Waals surface area (Å²) in [5.74, 6) is 1.36. The highest BCUT2D eigenvalue weighted by molar-refractivity contribution is 5.95. The van der Waals surface area contributed by atoms with Gasteiger partial charge in [0.1, 0.15) is 11.4 Å². The fourth-order valence-electron chi connectivity index (χ4n) is 4.73. The van der Waals surface area contributed by atoms with Gasteiger partial charge in [-0.05, 0) is 32.9 Å². The molecule has 164 valence electrons. The average molecular weight is 429 g/mol. The number of amides is 1. The second-order valence-electron chi connectivity index (χ2n) is 8.92. The van der Waals surface area contributed by atoms with Gasteiger partial charge < -0.3 is 15.0 Å². The molecule has 6 heteroatoms. The molecule has 0 aliphatic carbocycles. The molecular formula is C26H28N4O2. The van der Waals surface area contributed by atoms with Crippen molar-refractivity contribution in [3.05, 3.63) is 77.6 Å². The molecule has 1 spiro atoms. The zero-order valence-electron chi connectivity index (χ0n) is 18.5. The number of rotatable bonds is 3. The lowest BCUT2D eigenvalue weighted by Gasteiger charge is -2.46. The van der Waals surface area contributed by atoms with Crippen LogP contribution in [0.3, 0.4) is 0 Å². The number of para-hydroxylation sites is 1. The second kappa shape index (κ2) is 8.36. The summed E-state index contributed by atoms with van der Waals surface area (Å²) >= 11 is 0. The van der Waals surface area contributed by atoms with Crippen LogP contribution in [-0.4, -0.2) is 46.5 Å². The van der Waals surface area contributed by atoms with Gasteiger partial charge in [0.2, 0.25) is 0 Å². The summed E-state index contributed by atoms with van der Waals surface area (Å²) in [6.45, 7) is 3.85. The molecule has 0 bridgehead atoms. The highest BCUT2D eigenvalue weighted by Gasteiger charge is 2.43. The van der Waals surface area contributed by atoms with Crippen LogP contribution in [0.4, 0.5) is 0 Å². The van der Waals surface area contributed by atoms with Crippen molar-refractivity contribution in [2.75, 3.05) is 20.1 Å². The number of aromatic nitrogens is 2. The number of aryl methyl sites for hydroxylation is 1. The van der Waals surface area contributed by atoms with Crippen molar-refractivity contribution < 1.29 is 9.53 Å². The van der Waals surface area contributed by atoms with Crippen LogP contribution in [0.2, 0.25) is 0 Å². The second-order valence-corrected chi connectivity index (χ2v) is 8.92. The zero-order chi connectivity index (χ0) is 22.1. The van der Waals surface area contributed by atoms with Crippen molar-refractivity contribution in [3.8, 4) is 17.1 Å². The first-order chi connectivity index (χ1) is 15.5. The van der Waals surface area contributed by atoms with E-state index in [0.29, 0.717) is 17.1 Å².